The summed E-state index contributed by atoms with van der Waals surface area (Å²) in [6.07, 6.45) is 2.91. The van der Waals surface area contributed by atoms with Gasteiger partial charge in [-0.1, -0.05) is 0 Å². The molecule has 0 bridgehead atoms. The van der Waals surface area contributed by atoms with Gasteiger partial charge in [0.2, 0.25) is 5.91 Å². The van der Waals surface area contributed by atoms with Crippen LogP contribution in [-0.4, -0.2) is 81.4 Å². The van der Waals surface area contributed by atoms with Gasteiger partial charge in [0.05, 0.1) is 33.0 Å². The van der Waals surface area contributed by atoms with E-state index in [1.807, 2.05) is 0 Å². The van der Waals surface area contributed by atoms with Crippen LogP contribution in [0.5, 0.6) is 11.5 Å². The van der Waals surface area contributed by atoms with Gasteiger partial charge in [-0.05, 0) is 45.7 Å². The Hall–Kier alpha value is -1.83. The first-order valence-electron chi connectivity index (χ1n) is 10.6. The lowest BCUT2D eigenvalue weighted by atomic mass is 9.95. The first-order valence-corrected chi connectivity index (χ1v) is 10.6. The second kappa shape index (κ2) is 10.3. The van der Waals surface area contributed by atoms with Crippen LogP contribution >= 0.6 is 0 Å². The summed E-state index contributed by atoms with van der Waals surface area (Å²) in [5.41, 5.74) is 0.691. The van der Waals surface area contributed by atoms with Crippen LogP contribution in [0.25, 0.3) is 0 Å². The molecule has 2 fully saturated rings. The minimum Gasteiger partial charge on any atom is -0.497 e. The monoisotopic (exact) mass is 405 g/mol. The Bertz CT molecular complexity index is 644. The number of carbonyl (C=O) groups is 1. The maximum atomic E-state index is 12.5. The molecule has 2 heterocycles. The van der Waals surface area contributed by atoms with Gasteiger partial charge in [0.25, 0.3) is 0 Å². The molecule has 0 spiro atoms. The van der Waals surface area contributed by atoms with Crippen molar-refractivity contribution < 1.29 is 19.0 Å². The Balaban J connectivity index is 1.43. The van der Waals surface area contributed by atoms with E-state index in [1.54, 1.807) is 32.4 Å². The Morgan fingerprint density at radius 1 is 1.03 bits per heavy atom. The Kier molecular flexibility index (Phi) is 7.75. The van der Waals surface area contributed by atoms with Gasteiger partial charge in [0, 0.05) is 43.5 Å². The van der Waals surface area contributed by atoms with Crippen molar-refractivity contribution in [1.29, 1.82) is 0 Å². The van der Waals surface area contributed by atoms with E-state index in [1.165, 1.54) is 0 Å². The molecule has 0 aliphatic carbocycles. The molecule has 7 nitrogen and oxygen atoms in total. The number of likely N-dealkylation sites (tertiary alicyclic amines) is 1. The zero-order chi connectivity index (χ0) is 20.8. The highest BCUT2D eigenvalue weighted by atomic mass is 16.5. The number of ether oxygens (including phenoxy) is 3. The molecule has 1 aromatic carbocycles. The maximum absolute atomic E-state index is 12.5. The SMILES string of the molecule is COc1cc(NC(=O)CN2CCC(CN3CC(C)OC(C)C3)CC2)cc(OC)c1. The largest absolute Gasteiger partial charge is 0.497 e. The van der Waals surface area contributed by atoms with Gasteiger partial charge >= 0.3 is 0 Å². The van der Waals surface area contributed by atoms with Crippen LogP contribution in [0, 0.1) is 5.92 Å². The number of benzene rings is 1. The summed E-state index contributed by atoms with van der Waals surface area (Å²) in [6, 6.07) is 5.39. The molecule has 0 radical (unpaired) electrons. The van der Waals surface area contributed by atoms with Crippen LogP contribution in [0.2, 0.25) is 0 Å². The summed E-state index contributed by atoms with van der Waals surface area (Å²) in [7, 11) is 3.20. The number of anilines is 1. The van der Waals surface area contributed by atoms with Crippen molar-refractivity contribution in [1.82, 2.24) is 9.80 Å². The molecule has 2 saturated heterocycles. The molecular formula is C22H35N3O4. The lowest BCUT2D eigenvalue weighted by Crippen LogP contribution is -2.48. The molecule has 1 N–H and O–H groups in total. The van der Waals surface area contributed by atoms with E-state index in [-0.39, 0.29) is 5.91 Å². The van der Waals surface area contributed by atoms with Crippen LogP contribution in [0.3, 0.4) is 0 Å². The van der Waals surface area contributed by atoms with Crippen molar-refractivity contribution in [3.63, 3.8) is 0 Å². The molecule has 162 valence electrons. The highest BCUT2D eigenvalue weighted by molar-refractivity contribution is 5.92. The molecule has 2 unspecified atom stereocenters. The number of nitrogens with zero attached hydrogens (tertiary/aromatic N) is 2. The van der Waals surface area contributed by atoms with Gasteiger partial charge in [-0.15, -0.1) is 0 Å². The number of methoxy groups -OCH3 is 2. The normalized spacial score (nSPS) is 24.3. The van der Waals surface area contributed by atoms with Crippen LogP contribution in [0.1, 0.15) is 26.7 Å². The van der Waals surface area contributed by atoms with Crippen LogP contribution in [0.4, 0.5) is 5.69 Å². The summed E-state index contributed by atoms with van der Waals surface area (Å²) in [5.74, 6) is 2.02. The summed E-state index contributed by atoms with van der Waals surface area (Å²) >= 11 is 0. The van der Waals surface area contributed by atoms with Gasteiger partial charge < -0.3 is 19.5 Å². The van der Waals surface area contributed by atoms with Crippen molar-refractivity contribution in [3.05, 3.63) is 18.2 Å². The lowest BCUT2D eigenvalue weighted by molar-refractivity contribution is -0.117. The molecule has 1 amide bonds. The van der Waals surface area contributed by atoms with Crippen LogP contribution in [-0.2, 0) is 9.53 Å². The van der Waals surface area contributed by atoms with Gasteiger partial charge in [0.15, 0.2) is 0 Å². The molecule has 29 heavy (non-hydrogen) atoms. The predicted molar refractivity (Wildman–Crippen MR) is 114 cm³/mol. The Morgan fingerprint density at radius 3 is 2.17 bits per heavy atom. The fraction of sp³-hybridized carbons (Fsp3) is 0.682. The quantitative estimate of drug-likeness (QED) is 0.752. The third-order valence-corrected chi connectivity index (χ3v) is 5.72. The Morgan fingerprint density at radius 2 is 1.62 bits per heavy atom. The third-order valence-electron chi connectivity index (χ3n) is 5.72. The highest BCUT2D eigenvalue weighted by Crippen LogP contribution is 2.26. The standard InChI is InChI=1S/C22H35N3O4/c1-16-12-25(13-17(2)29-16)14-18-5-7-24(8-6-18)15-22(26)23-19-9-20(27-3)11-21(10-19)28-4/h9-11,16-18H,5-8,12-15H2,1-4H3,(H,23,26). The molecule has 3 rings (SSSR count). The Labute approximate surface area is 174 Å². The van der Waals surface area contributed by atoms with Crippen molar-refractivity contribution >= 4 is 11.6 Å². The molecular weight excluding hydrogens is 370 g/mol. The minimum absolute atomic E-state index is 0.00501. The topological polar surface area (TPSA) is 63.3 Å². The number of rotatable bonds is 7. The molecule has 7 heteroatoms. The number of amides is 1. The highest BCUT2D eigenvalue weighted by Gasteiger charge is 2.27. The minimum atomic E-state index is -0.00501. The molecule has 0 saturated carbocycles. The number of piperidine rings is 1. The summed E-state index contributed by atoms with van der Waals surface area (Å²) in [6.45, 7) is 9.85. The van der Waals surface area contributed by atoms with Gasteiger partial charge in [-0.2, -0.15) is 0 Å². The zero-order valence-corrected chi connectivity index (χ0v) is 18.1. The lowest BCUT2D eigenvalue weighted by Gasteiger charge is -2.39. The molecule has 2 aliphatic rings. The van der Waals surface area contributed by atoms with E-state index < -0.39 is 0 Å². The van der Waals surface area contributed by atoms with Gasteiger partial charge in [0.1, 0.15) is 11.5 Å². The smallest absolute Gasteiger partial charge is 0.238 e. The van der Waals surface area contributed by atoms with Gasteiger partial charge in [-0.25, -0.2) is 0 Å². The first kappa shape index (κ1) is 21.9. The summed E-state index contributed by atoms with van der Waals surface area (Å²) in [5, 5.41) is 2.96. The summed E-state index contributed by atoms with van der Waals surface area (Å²) < 4.78 is 16.4. The third kappa shape index (κ3) is 6.59. The van der Waals surface area contributed by atoms with Crippen molar-refractivity contribution in [2.75, 3.05) is 58.8 Å². The zero-order valence-electron chi connectivity index (χ0n) is 18.1. The molecule has 1 aromatic rings. The van der Waals surface area contributed by atoms with Gasteiger partial charge in [-0.3, -0.25) is 14.6 Å². The van der Waals surface area contributed by atoms with E-state index >= 15 is 0 Å². The van der Waals surface area contributed by atoms with E-state index in [0.717, 1.165) is 45.6 Å². The van der Waals surface area contributed by atoms with E-state index in [2.05, 4.69) is 29.0 Å². The van der Waals surface area contributed by atoms with Crippen molar-refractivity contribution in [3.8, 4) is 11.5 Å². The number of nitrogens with one attached hydrogen (secondary N) is 1. The average Bonchev–Trinajstić information content (AvgIpc) is 2.68. The van der Waals surface area contributed by atoms with Crippen molar-refractivity contribution in [2.24, 2.45) is 5.92 Å². The number of carbonyl (C=O) groups excluding carboxylic acids is 1. The van der Waals surface area contributed by atoms with E-state index in [0.29, 0.717) is 41.9 Å². The average molecular weight is 406 g/mol. The predicted octanol–water partition coefficient (Wildman–Crippen LogP) is 2.46. The molecule has 2 aliphatic heterocycles. The summed E-state index contributed by atoms with van der Waals surface area (Å²) in [4.78, 5) is 17.3. The number of morpholine rings is 1. The number of hydrogen-bond acceptors (Lipinski definition) is 6. The fourth-order valence-corrected chi connectivity index (χ4v) is 4.41. The maximum Gasteiger partial charge on any atom is 0.238 e. The molecule has 0 aromatic heterocycles. The number of hydrogen-bond donors (Lipinski definition) is 1. The molecule has 2 atom stereocenters. The second-order valence-electron chi connectivity index (χ2n) is 8.34. The van der Waals surface area contributed by atoms with Crippen LogP contribution in [0.15, 0.2) is 18.2 Å². The second-order valence-corrected chi connectivity index (χ2v) is 8.34. The van der Waals surface area contributed by atoms with Crippen molar-refractivity contribution in [2.45, 2.75) is 38.9 Å². The van der Waals surface area contributed by atoms with Crippen LogP contribution < -0.4 is 14.8 Å². The first-order chi connectivity index (χ1) is 13.9. The van der Waals surface area contributed by atoms with E-state index in [4.69, 9.17) is 14.2 Å². The fourth-order valence-electron chi connectivity index (χ4n) is 4.41. The van der Waals surface area contributed by atoms with E-state index in [9.17, 15) is 4.79 Å².